The van der Waals surface area contributed by atoms with Gasteiger partial charge < -0.3 is 14.6 Å². The molecule has 0 radical (unpaired) electrons. The van der Waals surface area contributed by atoms with Crippen LogP contribution in [0, 0.1) is 0 Å². The minimum absolute atomic E-state index is 0.0680. The molecule has 0 aromatic heterocycles. The Kier molecular flexibility index (Phi) is 7.98. The van der Waals surface area contributed by atoms with E-state index in [0.717, 1.165) is 27.6 Å². The minimum Gasteiger partial charge on any atom is -0.506 e. The molecule has 0 atom stereocenters. The first kappa shape index (κ1) is 25.4. The number of ether oxygens (including phenoxy) is 2. The smallest absolute Gasteiger partial charge is 0.269 e. The van der Waals surface area contributed by atoms with Crippen LogP contribution in [-0.4, -0.2) is 18.1 Å². The number of hydrogen-bond donors (Lipinski definition) is 3. The van der Waals surface area contributed by atoms with Gasteiger partial charge in [0, 0.05) is 18.0 Å². The van der Waals surface area contributed by atoms with E-state index < -0.39 is 5.91 Å². The van der Waals surface area contributed by atoms with Crippen LogP contribution in [0.3, 0.4) is 0 Å². The molecule has 0 bridgehead atoms. The van der Waals surface area contributed by atoms with E-state index >= 15 is 0 Å². The lowest BCUT2D eigenvalue weighted by Gasteiger charge is -2.15. The topological polar surface area (TPSA) is 79.8 Å². The third-order valence-corrected chi connectivity index (χ3v) is 6.31. The van der Waals surface area contributed by atoms with E-state index in [4.69, 9.17) is 21.1 Å². The maximum Gasteiger partial charge on any atom is 0.269 e. The average molecular weight is 505 g/mol. The van der Waals surface area contributed by atoms with E-state index in [-0.39, 0.29) is 22.1 Å². The number of carbonyl (C=O) groups is 1. The molecule has 0 spiro atoms. The Morgan fingerprint density at radius 1 is 0.972 bits per heavy atom. The number of methoxy groups -OCH3 is 1. The van der Waals surface area contributed by atoms with Gasteiger partial charge in [-0.05, 0) is 40.1 Å². The predicted molar refractivity (Wildman–Crippen MR) is 143 cm³/mol. The van der Waals surface area contributed by atoms with Crippen molar-refractivity contribution in [2.24, 2.45) is 0 Å². The van der Waals surface area contributed by atoms with Gasteiger partial charge in [0.05, 0.1) is 17.7 Å². The number of aromatic hydroxyl groups is 1. The predicted octanol–water partition coefficient (Wildman–Crippen LogP) is 6.34. The van der Waals surface area contributed by atoms with Crippen molar-refractivity contribution in [1.29, 1.82) is 0 Å². The summed E-state index contributed by atoms with van der Waals surface area (Å²) in [4.78, 5) is 12.7. The highest BCUT2D eigenvalue weighted by Crippen LogP contribution is 2.32. The summed E-state index contributed by atoms with van der Waals surface area (Å²) in [5.74, 6) is 0.938. The van der Waals surface area contributed by atoms with Crippen LogP contribution < -0.4 is 20.3 Å². The van der Waals surface area contributed by atoms with Gasteiger partial charge in [-0.2, -0.15) is 0 Å². The zero-order chi connectivity index (χ0) is 25.7. The van der Waals surface area contributed by atoms with Crippen LogP contribution >= 0.6 is 11.6 Å². The van der Waals surface area contributed by atoms with E-state index in [1.54, 1.807) is 0 Å². The molecule has 0 fully saturated rings. The number of hydrazine groups is 1. The molecular formula is C29H29ClN2O4. The van der Waals surface area contributed by atoms with Gasteiger partial charge in [0.25, 0.3) is 5.91 Å². The Balaban J connectivity index is 1.44. The third-order valence-electron chi connectivity index (χ3n) is 6.01. The van der Waals surface area contributed by atoms with E-state index in [2.05, 4.69) is 49.0 Å². The number of amides is 1. The summed E-state index contributed by atoms with van der Waals surface area (Å²) in [6.07, 6.45) is 0. The van der Waals surface area contributed by atoms with Crippen LogP contribution in [0.15, 0.2) is 72.8 Å². The first-order chi connectivity index (χ1) is 17.4. The molecule has 0 unspecified atom stereocenters. The van der Waals surface area contributed by atoms with Gasteiger partial charge in [-0.1, -0.05) is 80.0 Å². The molecule has 36 heavy (non-hydrogen) atoms. The summed E-state index contributed by atoms with van der Waals surface area (Å²) >= 11 is 5.96. The zero-order valence-electron chi connectivity index (χ0n) is 20.5. The Labute approximate surface area is 215 Å². The van der Waals surface area contributed by atoms with Gasteiger partial charge in [0.15, 0.2) is 0 Å². The van der Waals surface area contributed by atoms with E-state index in [0.29, 0.717) is 19.1 Å². The second-order valence-corrected chi connectivity index (χ2v) is 9.17. The molecule has 0 saturated heterocycles. The number of benzene rings is 4. The molecule has 0 saturated carbocycles. The van der Waals surface area contributed by atoms with Crippen LogP contribution in [0.5, 0.6) is 17.2 Å². The first-order valence-corrected chi connectivity index (χ1v) is 12.1. The maximum absolute atomic E-state index is 12.7. The highest BCUT2D eigenvalue weighted by molar-refractivity contribution is 6.32. The van der Waals surface area contributed by atoms with Gasteiger partial charge in [0.1, 0.15) is 23.9 Å². The molecule has 7 heteroatoms. The fourth-order valence-electron chi connectivity index (χ4n) is 3.95. The molecular weight excluding hydrogens is 476 g/mol. The van der Waals surface area contributed by atoms with E-state index in [9.17, 15) is 9.90 Å². The number of nitrogens with one attached hydrogen (secondary N) is 2. The molecule has 186 valence electrons. The largest absolute Gasteiger partial charge is 0.506 e. The van der Waals surface area contributed by atoms with Crippen LogP contribution in [-0.2, 0) is 13.2 Å². The molecule has 0 aliphatic rings. The number of carbonyl (C=O) groups excluding carboxylic acids is 1. The highest BCUT2D eigenvalue weighted by Gasteiger charge is 2.16. The highest BCUT2D eigenvalue weighted by atomic mass is 35.5. The van der Waals surface area contributed by atoms with Crippen molar-refractivity contribution in [1.82, 2.24) is 10.9 Å². The molecule has 4 aromatic carbocycles. The third kappa shape index (κ3) is 5.73. The molecule has 0 aliphatic carbocycles. The lowest BCUT2D eigenvalue weighted by Crippen LogP contribution is -2.37. The molecule has 4 rings (SSSR count). The molecule has 6 nitrogen and oxygen atoms in total. The number of fused-ring (bicyclic) bond motifs is 1. The molecule has 1 amide bonds. The van der Waals surface area contributed by atoms with Gasteiger partial charge in [-0.25, -0.2) is 5.43 Å². The zero-order valence-corrected chi connectivity index (χ0v) is 21.2. The quantitative estimate of drug-likeness (QED) is 0.232. The second-order valence-electron chi connectivity index (χ2n) is 8.76. The van der Waals surface area contributed by atoms with Crippen molar-refractivity contribution in [2.45, 2.75) is 32.9 Å². The summed E-state index contributed by atoms with van der Waals surface area (Å²) in [6, 6.07) is 23.1. The molecule has 3 N–H and O–H groups in total. The summed E-state index contributed by atoms with van der Waals surface area (Å²) in [6.45, 7) is 5.23. The van der Waals surface area contributed by atoms with Gasteiger partial charge >= 0.3 is 0 Å². The monoisotopic (exact) mass is 504 g/mol. The van der Waals surface area contributed by atoms with Crippen LogP contribution in [0.4, 0.5) is 0 Å². The number of hydrogen-bond acceptors (Lipinski definition) is 5. The maximum atomic E-state index is 12.7. The number of phenolic OH excluding ortho intramolecular Hbond substituents is 1. The average Bonchev–Trinajstić information content (AvgIpc) is 2.89. The molecule has 4 aromatic rings. The Morgan fingerprint density at radius 3 is 2.39 bits per heavy atom. The lowest BCUT2D eigenvalue weighted by molar-refractivity contribution is 0.0929. The van der Waals surface area contributed by atoms with E-state index in [1.165, 1.54) is 24.8 Å². The standard InChI is InChI=1S/C29H29ClN2O4/c1-18(2)20-10-8-19(9-11-20)17-36-27-13-12-21(22-6-4-5-7-23(22)27)16-31-32-29(34)24-14-25(30)26(33)15-28(24)35-3/h4-15,18,31,33H,16-17H2,1-3H3,(H,32,34). The van der Waals surface area contributed by atoms with E-state index in [1.807, 2.05) is 36.4 Å². The normalized spacial score (nSPS) is 11.0. The summed E-state index contributed by atoms with van der Waals surface area (Å²) in [5.41, 5.74) is 9.26. The van der Waals surface area contributed by atoms with Crippen molar-refractivity contribution < 1.29 is 19.4 Å². The van der Waals surface area contributed by atoms with Crippen LogP contribution in [0.1, 0.15) is 46.8 Å². The van der Waals surface area contributed by atoms with Crippen LogP contribution in [0.2, 0.25) is 5.02 Å². The summed E-state index contributed by atoms with van der Waals surface area (Å²) < 4.78 is 11.4. The van der Waals surface area contributed by atoms with Crippen LogP contribution in [0.25, 0.3) is 10.8 Å². The Hall–Kier alpha value is -3.74. The van der Waals surface area contributed by atoms with Gasteiger partial charge in [0.2, 0.25) is 0 Å². The Bertz CT molecular complexity index is 1370. The van der Waals surface area contributed by atoms with Crippen molar-refractivity contribution in [2.75, 3.05) is 7.11 Å². The first-order valence-electron chi connectivity index (χ1n) is 11.7. The minimum atomic E-state index is -0.429. The molecule has 0 heterocycles. The number of rotatable bonds is 9. The lowest BCUT2D eigenvalue weighted by atomic mass is 10.0. The summed E-state index contributed by atoms with van der Waals surface area (Å²) in [7, 11) is 1.42. The van der Waals surface area contributed by atoms with Crippen molar-refractivity contribution in [3.05, 3.63) is 100 Å². The van der Waals surface area contributed by atoms with Crippen molar-refractivity contribution in [3.63, 3.8) is 0 Å². The SMILES string of the molecule is COc1cc(O)c(Cl)cc1C(=O)NNCc1ccc(OCc2ccc(C(C)C)cc2)c2ccccc12. The molecule has 0 aliphatic heterocycles. The van der Waals surface area contributed by atoms with Crippen molar-refractivity contribution >= 4 is 28.3 Å². The fraction of sp³-hybridized carbons (Fsp3) is 0.207. The van der Waals surface area contributed by atoms with Gasteiger partial charge in [-0.15, -0.1) is 0 Å². The Morgan fingerprint density at radius 2 is 1.69 bits per heavy atom. The van der Waals surface area contributed by atoms with Gasteiger partial charge in [-0.3, -0.25) is 10.2 Å². The van der Waals surface area contributed by atoms with Crippen molar-refractivity contribution in [3.8, 4) is 17.2 Å². The fourth-order valence-corrected chi connectivity index (χ4v) is 4.11. The number of phenols is 1. The summed E-state index contributed by atoms with van der Waals surface area (Å²) in [5, 5.41) is 11.8. The number of halogens is 1. The second kappa shape index (κ2) is 11.3.